The number of amides is 1. The molecule has 2 aromatic rings. The third kappa shape index (κ3) is 1.88. The summed E-state index contributed by atoms with van der Waals surface area (Å²) in [5, 5.41) is 4.20. The Labute approximate surface area is 121 Å². The zero-order valence-corrected chi connectivity index (χ0v) is 11.7. The number of nitrogen functional groups attached to an aromatic ring is 1. The molecule has 2 aliphatic rings. The lowest BCUT2D eigenvalue weighted by molar-refractivity contribution is -0.118. The number of nitrogens with two attached hydrogens (primary N) is 1. The molecule has 4 rings (SSSR count). The lowest BCUT2D eigenvalue weighted by atomic mass is 10.1. The van der Waals surface area contributed by atoms with Crippen LogP contribution in [0.1, 0.15) is 24.9 Å². The van der Waals surface area contributed by atoms with Crippen LogP contribution in [0, 0.1) is 11.8 Å². The van der Waals surface area contributed by atoms with E-state index in [0.29, 0.717) is 17.7 Å². The predicted octanol–water partition coefficient (Wildman–Crippen LogP) is 0.847. The fourth-order valence-corrected chi connectivity index (χ4v) is 2.96. The highest BCUT2D eigenvalue weighted by atomic mass is 16.2. The van der Waals surface area contributed by atoms with Gasteiger partial charge < -0.3 is 5.73 Å². The average Bonchev–Trinajstić information content (AvgIpc) is 2.91. The van der Waals surface area contributed by atoms with Crippen molar-refractivity contribution in [3.8, 4) is 0 Å². The Morgan fingerprint density at radius 1 is 1.48 bits per heavy atom. The van der Waals surface area contributed by atoms with Crippen LogP contribution in [0.4, 0.5) is 11.8 Å². The predicted molar refractivity (Wildman–Crippen MR) is 76.4 cm³/mol. The standard InChI is InChI=1S/C14H16N6O/c1-8(20-4-2-3-17-20)11-6-16-14(18-12(11)15)19-7-9-5-10(9)13(19)21/h2-4,6,8-10H,5,7H2,1H3,(H2,15,16,18)/t8-,9-,10-/m1/s1. The Bertz CT molecular complexity index is 697. The number of fused-ring (bicyclic) bond motifs is 1. The zero-order valence-electron chi connectivity index (χ0n) is 11.7. The third-order valence-corrected chi connectivity index (χ3v) is 4.37. The fraction of sp³-hybridized carbons (Fsp3) is 0.429. The summed E-state index contributed by atoms with van der Waals surface area (Å²) in [5.41, 5.74) is 6.86. The van der Waals surface area contributed by atoms with Crippen molar-refractivity contribution in [3.63, 3.8) is 0 Å². The van der Waals surface area contributed by atoms with E-state index in [1.54, 1.807) is 22.0 Å². The van der Waals surface area contributed by atoms with Gasteiger partial charge in [0, 0.05) is 36.6 Å². The summed E-state index contributed by atoms with van der Waals surface area (Å²) in [5.74, 6) is 1.63. The molecule has 2 N–H and O–H groups in total. The van der Waals surface area contributed by atoms with Crippen LogP contribution >= 0.6 is 0 Å². The van der Waals surface area contributed by atoms with Gasteiger partial charge in [0.15, 0.2) is 0 Å². The van der Waals surface area contributed by atoms with E-state index in [-0.39, 0.29) is 17.9 Å². The Balaban J connectivity index is 1.62. The molecule has 3 atom stereocenters. The summed E-state index contributed by atoms with van der Waals surface area (Å²) in [6.07, 6.45) is 6.30. The molecule has 2 fully saturated rings. The minimum Gasteiger partial charge on any atom is -0.383 e. The second-order valence-electron chi connectivity index (χ2n) is 5.72. The highest BCUT2D eigenvalue weighted by Gasteiger charge is 2.53. The molecule has 0 spiro atoms. The molecule has 1 saturated carbocycles. The minimum absolute atomic E-state index is 0.0447. The normalized spacial score (nSPS) is 25.0. The SMILES string of the molecule is C[C@H](c1cnc(N2C[C@H]3C[C@H]3C2=O)nc1N)n1cccn1. The Morgan fingerprint density at radius 3 is 2.95 bits per heavy atom. The molecule has 108 valence electrons. The topological polar surface area (TPSA) is 89.9 Å². The van der Waals surface area contributed by atoms with Crippen LogP contribution < -0.4 is 10.6 Å². The summed E-state index contributed by atoms with van der Waals surface area (Å²) in [6.45, 7) is 2.70. The number of anilines is 2. The molecule has 0 bridgehead atoms. The Morgan fingerprint density at radius 2 is 2.33 bits per heavy atom. The molecule has 7 heteroatoms. The largest absolute Gasteiger partial charge is 0.383 e. The zero-order chi connectivity index (χ0) is 14.6. The van der Waals surface area contributed by atoms with Gasteiger partial charge in [-0.15, -0.1) is 0 Å². The van der Waals surface area contributed by atoms with Crippen molar-refractivity contribution in [2.24, 2.45) is 11.8 Å². The quantitative estimate of drug-likeness (QED) is 0.902. The molecule has 1 amide bonds. The summed E-state index contributed by atoms with van der Waals surface area (Å²) < 4.78 is 1.80. The molecule has 3 heterocycles. The highest BCUT2D eigenvalue weighted by Crippen LogP contribution is 2.46. The van der Waals surface area contributed by atoms with E-state index < -0.39 is 0 Å². The number of hydrogen-bond donors (Lipinski definition) is 1. The fourth-order valence-electron chi connectivity index (χ4n) is 2.96. The van der Waals surface area contributed by atoms with E-state index in [9.17, 15) is 4.79 Å². The summed E-state index contributed by atoms with van der Waals surface area (Å²) in [6, 6.07) is 1.81. The van der Waals surface area contributed by atoms with Crippen LogP contribution in [-0.4, -0.2) is 32.2 Å². The molecule has 2 aromatic heterocycles. The highest BCUT2D eigenvalue weighted by molar-refractivity contribution is 5.98. The van der Waals surface area contributed by atoms with Crippen molar-refractivity contribution in [3.05, 3.63) is 30.2 Å². The average molecular weight is 284 g/mol. The van der Waals surface area contributed by atoms with Gasteiger partial charge in [0.2, 0.25) is 11.9 Å². The molecule has 7 nitrogen and oxygen atoms in total. The maximum Gasteiger partial charge on any atom is 0.234 e. The van der Waals surface area contributed by atoms with Crippen molar-refractivity contribution in [2.75, 3.05) is 17.2 Å². The van der Waals surface area contributed by atoms with Gasteiger partial charge in [-0.3, -0.25) is 14.4 Å². The maximum absolute atomic E-state index is 12.1. The van der Waals surface area contributed by atoms with Crippen LogP contribution in [0.2, 0.25) is 0 Å². The number of carbonyl (C=O) groups excluding carboxylic acids is 1. The van der Waals surface area contributed by atoms with Crippen LogP contribution in [0.15, 0.2) is 24.7 Å². The number of nitrogens with zero attached hydrogens (tertiary/aromatic N) is 5. The monoisotopic (exact) mass is 284 g/mol. The van der Waals surface area contributed by atoms with Crippen molar-refractivity contribution in [1.29, 1.82) is 0 Å². The van der Waals surface area contributed by atoms with E-state index in [2.05, 4.69) is 15.1 Å². The van der Waals surface area contributed by atoms with Crippen molar-refractivity contribution >= 4 is 17.7 Å². The molecule has 1 aliphatic carbocycles. The molecule has 0 unspecified atom stereocenters. The van der Waals surface area contributed by atoms with Crippen LogP contribution in [0.3, 0.4) is 0 Å². The molecule has 1 saturated heterocycles. The number of piperidine rings is 1. The number of carbonyl (C=O) groups is 1. The first-order valence-corrected chi connectivity index (χ1v) is 7.08. The molecule has 0 aromatic carbocycles. The van der Waals surface area contributed by atoms with Gasteiger partial charge in [0.1, 0.15) is 5.82 Å². The molecule has 1 aliphatic heterocycles. The van der Waals surface area contributed by atoms with Crippen molar-refractivity contribution < 1.29 is 4.79 Å². The van der Waals surface area contributed by atoms with E-state index in [1.807, 2.05) is 19.2 Å². The van der Waals surface area contributed by atoms with Gasteiger partial charge >= 0.3 is 0 Å². The van der Waals surface area contributed by atoms with Gasteiger partial charge in [-0.25, -0.2) is 4.98 Å². The van der Waals surface area contributed by atoms with Gasteiger partial charge in [0.25, 0.3) is 0 Å². The van der Waals surface area contributed by atoms with Crippen LogP contribution in [0.5, 0.6) is 0 Å². The number of hydrogen-bond acceptors (Lipinski definition) is 5. The minimum atomic E-state index is -0.0447. The first kappa shape index (κ1) is 12.3. The molecule has 21 heavy (non-hydrogen) atoms. The lowest BCUT2D eigenvalue weighted by Crippen LogP contribution is -2.30. The van der Waals surface area contributed by atoms with Gasteiger partial charge in [-0.2, -0.15) is 10.1 Å². The lowest BCUT2D eigenvalue weighted by Gasteiger charge is -2.19. The van der Waals surface area contributed by atoms with Gasteiger partial charge in [-0.05, 0) is 25.3 Å². The van der Waals surface area contributed by atoms with Crippen molar-refractivity contribution in [1.82, 2.24) is 19.7 Å². The van der Waals surface area contributed by atoms with Gasteiger partial charge in [-0.1, -0.05) is 0 Å². The van der Waals surface area contributed by atoms with Crippen molar-refractivity contribution in [2.45, 2.75) is 19.4 Å². The summed E-state index contributed by atoms with van der Waals surface area (Å²) in [7, 11) is 0. The molecule has 0 radical (unpaired) electrons. The summed E-state index contributed by atoms with van der Waals surface area (Å²) >= 11 is 0. The molecular weight excluding hydrogens is 268 g/mol. The first-order chi connectivity index (χ1) is 10.1. The van der Waals surface area contributed by atoms with E-state index in [1.165, 1.54) is 0 Å². The second kappa shape index (κ2) is 4.28. The smallest absolute Gasteiger partial charge is 0.234 e. The van der Waals surface area contributed by atoms with E-state index in [4.69, 9.17) is 5.73 Å². The van der Waals surface area contributed by atoms with Crippen LogP contribution in [0.25, 0.3) is 0 Å². The summed E-state index contributed by atoms with van der Waals surface area (Å²) in [4.78, 5) is 22.4. The third-order valence-electron chi connectivity index (χ3n) is 4.37. The van der Waals surface area contributed by atoms with E-state index in [0.717, 1.165) is 18.5 Å². The number of aromatic nitrogens is 4. The number of rotatable bonds is 3. The Kier molecular flexibility index (Phi) is 2.51. The Hall–Kier alpha value is -2.44. The first-order valence-electron chi connectivity index (χ1n) is 7.08. The second-order valence-corrected chi connectivity index (χ2v) is 5.72. The maximum atomic E-state index is 12.1. The van der Waals surface area contributed by atoms with E-state index >= 15 is 0 Å². The van der Waals surface area contributed by atoms with Crippen LogP contribution in [-0.2, 0) is 4.79 Å². The van der Waals surface area contributed by atoms with Gasteiger partial charge in [0.05, 0.1) is 6.04 Å². The molecular formula is C14H16N6O.